The van der Waals surface area contributed by atoms with Crippen molar-refractivity contribution >= 4 is 11.6 Å². The number of hydrogen-bond acceptors (Lipinski definition) is 4. The highest BCUT2D eigenvalue weighted by Gasteiger charge is 2.23. The molecule has 0 fully saturated rings. The average molecular weight is 193 g/mol. The zero-order valence-electron chi connectivity index (χ0n) is 7.73. The molecule has 0 spiro atoms. The van der Waals surface area contributed by atoms with Gasteiger partial charge in [-0.2, -0.15) is 5.48 Å². The van der Waals surface area contributed by atoms with Crippen molar-refractivity contribution in [2.45, 2.75) is 13.0 Å². The van der Waals surface area contributed by atoms with Gasteiger partial charge in [0.2, 0.25) is 0 Å². The summed E-state index contributed by atoms with van der Waals surface area (Å²) in [5.41, 5.74) is 2.10. The third kappa shape index (κ3) is 2.25. The first kappa shape index (κ1) is 10.6. The van der Waals surface area contributed by atoms with E-state index in [-0.39, 0.29) is 0 Å². The Morgan fingerprint density at radius 1 is 1.29 bits per heavy atom. The molecule has 0 heterocycles. The van der Waals surface area contributed by atoms with Crippen LogP contribution in [0.3, 0.4) is 0 Å². The van der Waals surface area contributed by atoms with E-state index in [1.807, 2.05) is 0 Å². The van der Waals surface area contributed by atoms with Crippen LogP contribution in [0.5, 0.6) is 0 Å². The highest BCUT2D eigenvalue weighted by atomic mass is 16.5. The van der Waals surface area contributed by atoms with Gasteiger partial charge in [0.05, 0.1) is 0 Å². The van der Waals surface area contributed by atoms with Crippen molar-refractivity contribution in [2.24, 2.45) is 0 Å². The summed E-state index contributed by atoms with van der Waals surface area (Å²) in [6.45, 7) is 1.24. The van der Waals surface area contributed by atoms with Gasteiger partial charge in [-0.25, -0.2) is 0 Å². The van der Waals surface area contributed by atoms with Gasteiger partial charge in [-0.15, -0.1) is 0 Å². The molecule has 0 bridgehead atoms. The summed E-state index contributed by atoms with van der Waals surface area (Å²) in [5, 5.41) is 8.64. The van der Waals surface area contributed by atoms with Gasteiger partial charge < -0.3 is 5.21 Å². The lowest BCUT2D eigenvalue weighted by molar-refractivity contribution is -0.119. The van der Waals surface area contributed by atoms with Crippen LogP contribution in [0.2, 0.25) is 0 Å². The minimum absolute atomic E-state index is 0.397. The average Bonchev–Trinajstić information content (AvgIpc) is 2.19. The fourth-order valence-electron chi connectivity index (χ4n) is 1.10. The molecule has 0 saturated heterocycles. The molecular weight excluding hydrogens is 182 g/mol. The predicted molar refractivity (Wildman–Crippen MR) is 50.2 cm³/mol. The lowest BCUT2D eigenvalue weighted by atomic mass is 10.0. The summed E-state index contributed by atoms with van der Waals surface area (Å²) < 4.78 is 0. The molecule has 0 aliphatic carbocycles. The Bertz CT molecular complexity index is 334. The molecule has 1 rings (SSSR count). The van der Waals surface area contributed by atoms with E-state index in [0.717, 1.165) is 0 Å². The second-order valence-electron chi connectivity index (χ2n) is 2.90. The van der Waals surface area contributed by atoms with Gasteiger partial charge in [0, 0.05) is 5.56 Å². The third-order valence-corrected chi connectivity index (χ3v) is 1.86. The summed E-state index contributed by atoms with van der Waals surface area (Å²) in [6.07, 6.45) is 0. The van der Waals surface area contributed by atoms with E-state index in [1.54, 1.807) is 35.8 Å². The lowest BCUT2D eigenvalue weighted by Crippen LogP contribution is -2.40. The van der Waals surface area contributed by atoms with Crippen molar-refractivity contribution in [2.75, 3.05) is 0 Å². The maximum Gasteiger partial charge on any atom is 0.189 e. The number of hydroxylamine groups is 1. The molecule has 0 saturated carbocycles. The monoisotopic (exact) mass is 193 g/mol. The number of carbonyl (C=O) groups excluding carboxylic acids is 2. The molecule has 4 heteroatoms. The third-order valence-electron chi connectivity index (χ3n) is 1.86. The summed E-state index contributed by atoms with van der Waals surface area (Å²) in [7, 11) is 0. The quantitative estimate of drug-likeness (QED) is 0.422. The summed E-state index contributed by atoms with van der Waals surface area (Å²) in [6, 6.07) is 7.18. The van der Waals surface area contributed by atoms with Crippen molar-refractivity contribution in [3.05, 3.63) is 35.9 Å². The van der Waals surface area contributed by atoms with Crippen LogP contribution in [0.15, 0.2) is 30.3 Å². The summed E-state index contributed by atoms with van der Waals surface area (Å²) >= 11 is 0. The Morgan fingerprint density at radius 3 is 2.29 bits per heavy atom. The lowest BCUT2D eigenvalue weighted by Gasteiger charge is -2.09. The number of ketones is 2. The molecule has 0 aliphatic heterocycles. The molecule has 0 aliphatic rings. The number of benzene rings is 1. The zero-order chi connectivity index (χ0) is 10.6. The van der Waals surface area contributed by atoms with Gasteiger partial charge in [0.25, 0.3) is 0 Å². The van der Waals surface area contributed by atoms with E-state index in [9.17, 15) is 9.59 Å². The second kappa shape index (κ2) is 4.64. The molecule has 2 N–H and O–H groups in total. The first-order valence-electron chi connectivity index (χ1n) is 4.16. The van der Waals surface area contributed by atoms with E-state index >= 15 is 0 Å². The maximum atomic E-state index is 11.6. The second-order valence-corrected chi connectivity index (χ2v) is 2.90. The van der Waals surface area contributed by atoms with Crippen LogP contribution in [0.25, 0.3) is 0 Å². The first-order chi connectivity index (χ1) is 6.66. The number of nitrogens with one attached hydrogen (secondary N) is 1. The molecule has 74 valence electrons. The number of hydrogen-bond donors (Lipinski definition) is 2. The molecule has 0 amide bonds. The van der Waals surface area contributed by atoms with E-state index in [2.05, 4.69) is 0 Å². The van der Waals surface area contributed by atoms with Gasteiger partial charge in [-0.05, 0) is 6.92 Å². The Hall–Kier alpha value is -1.52. The van der Waals surface area contributed by atoms with Crippen molar-refractivity contribution in [3.63, 3.8) is 0 Å². The minimum atomic E-state index is -1.17. The standard InChI is InChI=1S/C10H11NO3/c1-7(12)9(11-14)10(13)8-5-3-2-4-6-8/h2-6,9,11,14H,1H3. The van der Waals surface area contributed by atoms with Crippen molar-refractivity contribution in [1.29, 1.82) is 0 Å². The highest BCUT2D eigenvalue weighted by molar-refractivity contribution is 6.13. The Kier molecular flexibility index (Phi) is 3.50. The normalized spacial score (nSPS) is 12.1. The van der Waals surface area contributed by atoms with Gasteiger partial charge in [0.15, 0.2) is 17.6 Å². The SMILES string of the molecule is CC(=O)C(NO)C(=O)c1ccccc1. The van der Waals surface area contributed by atoms with E-state index in [4.69, 9.17) is 5.21 Å². The summed E-state index contributed by atoms with van der Waals surface area (Å²) in [4.78, 5) is 22.5. The van der Waals surface area contributed by atoms with E-state index in [1.165, 1.54) is 6.92 Å². The van der Waals surface area contributed by atoms with Crippen LogP contribution < -0.4 is 5.48 Å². The van der Waals surface area contributed by atoms with Crippen molar-refractivity contribution in [1.82, 2.24) is 5.48 Å². The molecule has 0 radical (unpaired) electrons. The molecule has 0 aromatic heterocycles. The fraction of sp³-hybridized carbons (Fsp3) is 0.200. The van der Waals surface area contributed by atoms with Crippen LogP contribution in [0.4, 0.5) is 0 Å². The topological polar surface area (TPSA) is 66.4 Å². The molecule has 1 aromatic rings. The number of rotatable bonds is 4. The van der Waals surface area contributed by atoms with Gasteiger partial charge in [0.1, 0.15) is 0 Å². The smallest absolute Gasteiger partial charge is 0.189 e. The van der Waals surface area contributed by atoms with Crippen LogP contribution in [-0.4, -0.2) is 22.8 Å². The predicted octanol–water partition coefficient (Wildman–Crippen LogP) is 0.806. The zero-order valence-corrected chi connectivity index (χ0v) is 7.73. The Labute approximate surface area is 81.5 Å². The fourth-order valence-corrected chi connectivity index (χ4v) is 1.10. The molecule has 4 nitrogen and oxygen atoms in total. The van der Waals surface area contributed by atoms with Crippen molar-refractivity contribution in [3.8, 4) is 0 Å². The Morgan fingerprint density at radius 2 is 1.86 bits per heavy atom. The molecule has 1 unspecified atom stereocenters. The number of carbonyl (C=O) groups is 2. The van der Waals surface area contributed by atoms with Gasteiger partial charge in [-0.3, -0.25) is 9.59 Å². The molecule has 14 heavy (non-hydrogen) atoms. The van der Waals surface area contributed by atoms with Crippen LogP contribution >= 0.6 is 0 Å². The Balaban J connectivity index is 2.89. The van der Waals surface area contributed by atoms with Crippen LogP contribution in [0.1, 0.15) is 17.3 Å². The van der Waals surface area contributed by atoms with Gasteiger partial charge in [-0.1, -0.05) is 30.3 Å². The van der Waals surface area contributed by atoms with Crippen molar-refractivity contribution < 1.29 is 14.8 Å². The maximum absolute atomic E-state index is 11.6. The van der Waals surface area contributed by atoms with Gasteiger partial charge >= 0.3 is 0 Å². The van der Waals surface area contributed by atoms with Crippen LogP contribution in [-0.2, 0) is 4.79 Å². The molecule has 1 atom stereocenters. The largest absolute Gasteiger partial charge is 0.316 e. The van der Waals surface area contributed by atoms with Crippen LogP contribution in [0, 0.1) is 0 Å². The van der Waals surface area contributed by atoms with E-state index < -0.39 is 17.6 Å². The highest BCUT2D eigenvalue weighted by Crippen LogP contribution is 2.03. The summed E-state index contributed by atoms with van der Waals surface area (Å²) in [5.74, 6) is -0.845. The van der Waals surface area contributed by atoms with E-state index in [0.29, 0.717) is 5.56 Å². The molecule has 1 aromatic carbocycles. The minimum Gasteiger partial charge on any atom is -0.316 e. The first-order valence-corrected chi connectivity index (χ1v) is 4.16. The number of Topliss-reactive ketones (excluding diaryl/α,β-unsaturated/α-hetero) is 2. The molecular formula is C10H11NO3.